The third-order valence-corrected chi connectivity index (χ3v) is 3.84. The second-order valence-electron chi connectivity index (χ2n) is 4.83. The van der Waals surface area contributed by atoms with Crippen molar-refractivity contribution in [2.75, 3.05) is 27.4 Å². The van der Waals surface area contributed by atoms with Crippen LogP contribution in [0.5, 0.6) is 0 Å². The van der Waals surface area contributed by atoms with E-state index in [1.165, 1.54) is 7.11 Å². The van der Waals surface area contributed by atoms with Crippen molar-refractivity contribution in [1.82, 2.24) is 5.32 Å². The van der Waals surface area contributed by atoms with Crippen molar-refractivity contribution < 1.29 is 18.7 Å². The summed E-state index contributed by atoms with van der Waals surface area (Å²) in [6.07, 6.45) is 0. The zero-order valence-corrected chi connectivity index (χ0v) is 13.8. The van der Waals surface area contributed by atoms with Gasteiger partial charge < -0.3 is 13.9 Å². The van der Waals surface area contributed by atoms with Gasteiger partial charge in [0, 0.05) is 23.5 Å². The van der Waals surface area contributed by atoms with Crippen molar-refractivity contribution in [3.05, 3.63) is 34.5 Å². The van der Waals surface area contributed by atoms with Gasteiger partial charge in [0.15, 0.2) is 5.54 Å². The highest BCUT2D eigenvalue weighted by molar-refractivity contribution is 9.10. The molecule has 0 spiro atoms. The quantitative estimate of drug-likeness (QED) is 0.637. The standard InChI is InChI=1S/C15H18BrNO4/c1-15(14(18)20-3,17-6-7-19-2)13-9-10-8-11(16)4-5-12(10)21-13/h4-5,8-9,17H,6-7H2,1-3H3. The number of carbonyl (C=O) groups is 1. The van der Waals surface area contributed by atoms with Crippen LogP contribution in [0.15, 0.2) is 33.2 Å². The largest absolute Gasteiger partial charge is 0.467 e. The molecule has 2 aromatic rings. The van der Waals surface area contributed by atoms with Gasteiger partial charge in [-0.05, 0) is 31.2 Å². The molecule has 0 aliphatic heterocycles. The molecule has 0 bridgehead atoms. The lowest BCUT2D eigenvalue weighted by atomic mass is 9.98. The van der Waals surface area contributed by atoms with E-state index in [9.17, 15) is 4.79 Å². The fraction of sp³-hybridized carbons (Fsp3) is 0.400. The minimum Gasteiger partial charge on any atom is -0.467 e. The van der Waals surface area contributed by atoms with Crippen LogP contribution >= 0.6 is 15.9 Å². The first-order valence-corrected chi connectivity index (χ1v) is 7.32. The lowest BCUT2D eigenvalue weighted by Gasteiger charge is -2.25. The molecule has 1 unspecified atom stereocenters. The monoisotopic (exact) mass is 355 g/mol. The average Bonchev–Trinajstić information content (AvgIpc) is 2.89. The number of carbonyl (C=O) groups excluding carboxylic acids is 1. The van der Waals surface area contributed by atoms with Crippen LogP contribution in [0.3, 0.4) is 0 Å². The molecule has 1 heterocycles. The molecule has 1 atom stereocenters. The van der Waals surface area contributed by atoms with E-state index in [-0.39, 0.29) is 0 Å². The van der Waals surface area contributed by atoms with Crippen LogP contribution in [0.25, 0.3) is 11.0 Å². The lowest BCUT2D eigenvalue weighted by Crippen LogP contribution is -2.48. The van der Waals surface area contributed by atoms with Gasteiger partial charge in [0.05, 0.1) is 13.7 Å². The van der Waals surface area contributed by atoms with Crippen molar-refractivity contribution in [3.63, 3.8) is 0 Å². The van der Waals surface area contributed by atoms with E-state index in [2.05, 4.69) is 21.2 Å². The van der Waals surface area contributed by atoms with Crippen molar-refractivity contribution in [2.24, 2.45) is 0 Å². The number of hydrogen-bond acceptors (Lipinski definition) is 5. The number of furan rings is 1. The molecule has 21 heavy (non-hydrogen) atoms. The van der Waals surface area contributed by atoms with Gasteiger partial charge in [-0.25, -0.2) is 4.79 Å². The molecule has 6 heteroatoms. The highest BCUT2D eigenvalue weighted by Gasteiger charge is 2.39. The second kappa shape index (κ2) is 6.60. The minimum atomic E-state index is -1.06. The Bertz CT molecular complexity index is 640. The van der Waals surface area contributed by atoms with Crippen LogP contribution in [0, 0.1) is 0 Å². The molecule has 5 nitrogen and oxygen atoms in total. The van der Waals surface area contributed by atoms with Crippen LogP contribution in [-0.4, -0.2) is 33.3 Å². The van der Waals surface area contributed by atoms with Gasteiger partial charge in [0.2, 0.25) is 0 Å². The zero-order valence-electron chi connectivity index (χ0n) is 12.2. The van der Waals surface area contributed by atoms with Crippen LogP contribution in [0.2, 0.25) is 0 Å². The van der Waals surface area contributed by atoms with E-state index >= 15 is 0 Å². The van der Waals surface area contributed by atoms with E-state index in [1.807, 2.05) is 24.3 Å². The number of halogens is 1. The molecule has 1 aromatic heterocycles. The van der Waals surface area contributed by atoms with Crippen LogP contribution in [-0.2, 0) is 19.8 Å². The molecular formula is C15H18BrNO4. The number of nitrogens with one attached hydrogen (secondary N) is 1. The normalized spacial score (nSPS) is 14.1. The summed E-state index contributed by atoms with van der Waals surface area (Å²) in [6.45, 7) is 2.72. The van der Waals surface area contributed by atoms with Gasteiger partial charge in [-0.2, -0.15) is 0 Å². The SMILES string of the molecule is COCCNC(C)(C(=O)OC)c1cc2cc(Br)ccc2o1. The second-order valence-corrected chi connectivity index (χ2v) is 5.74. The van der Waals surface area contributed by atoms with Crippen LogP contribution in [0.4, 0.5) is 0 Å². The number of methoxy groups -OCH3 is 2. The molecule has 1 N–H and O–H groups in total. The smallest absolute Gasteiger partial charge is 0.333 e. The topological polar surface area (TPSA) is 60.7 Å². The summed E-state index contributed by atoms with van der Waals surface area (Å²) in [4.78, 5) is 12.2. The van der Waals surface area contributed by atoms with Crippen molar-refractivity contribution in [1.29, 1.82) is 0 Å². The maximum Gasteiger partial charge on any atom is 0.333 e. The third-order valence-electron chi connectivity index (χ3n) is 3.35. The number of esters is 1. The number of hydrogen-bond donors (Lipinski definition) is 1. The third kappa shape index (κ3) is 3.28. The van der Waals surface area contributed by atoms with Gasteiger partial charge in [-0.1, -0.05) is 15.9 Å². The predicted molar refractivity (Wildman–Crippen MR) is 83.2 cm³/mol. The zero-order chi connectivity index (χ0) is 15.5. The number of fused-ring (bicyclic) bond motifs is 1. The maximum atomic E-state index is 12.2. The molecule has 0 aliphatic rings. The van der Waals surface area contributed by atoms with E-state index in [0.717, 1.165) is 15.4 Å². The Labute approximate surface area is 131 Å². The Kier molecular flexibility index (Phi) is 5.03. The predicted octanol–water partition coefficient (Wildman–Crippen LogP) is 2.82. The van der Waals surface area contributed by atoms with Gasteiger partial charge in [0.1, 0.15) is 11.3 Å². The Balaban J connectivity index is 2.40. The number of benzene rings is 1. The van der Waals surface area contributed by atoms with E-state index in [1.54, 1.807) is 14.0 Å². The average molecular weight is 356 g/mol. The fourth-order valence-corrected chi connectivity index (χ4v) is 2.51. The molecule has 0 aliphatic carbocycles. The Hall–Kier alpha value is -1.37. The Morgan fingerprint density at radius 3 is 2.81 bits per heavy atom. The highest BCUT2D eigenvalue weighted by Crippen LogP contribution is 2.30. The molecule has 0 radical (unpaired) electrons. The van der Waals surface area contributed by atoms with E-state index < -0.39 is 11.5 Å². The maximum absolute atomic E-state index is 12.2. The van der Waals surface area contributed by atoms with Crippen molar-refractivity contribution in [3.8, 4) is 0 Å². The Morgan fingerprint density at radius 2 is 2.14 bits per heavy atom. The highest BCUT2D eigenvalue weighted by atomic mass is 79.9. The summed E-state index contributed by atoms with van der Waals surface area (Å²) in [6, 6.07) is 7.53. The molecule has 1 aromatic carbocycles. The summed E-state index contributed by atoms with van der Waals surface area (Å²) in [5.41, 5.74) is -0.337. The summed E-state index contributed by atoms with van der Waals surface area (Å²) < 4.78 is 16.7. The lowest BCUT2D eigenvalue weighted by molar-refractivity contribution is -0.149. The van der Waals surface area contributed by atoms with E-state index in [0.29, 0.717) is 18.9 Å². The summed E-state index contributed by atoms with van der Waals surface area (Å²) in [5, 5.41) is 4.05. The van der Waals surface area contributed by atoms with Gasteiger partial charge >= 0.3 is 5.97 Å². The molecule has 0 amide bonds. The molecule has 0 fully saturated rings. The summed E-state index contributed by atoms with van der Waals surface area (Å²) in [7, 11) is 2.97. The van der Waals surface area contributed by atoms with Gasteiger partial charge in [-0.3, -0.25) is 5.32 Å². The summed E-state index contributed by atoms with van der Waals surface area (Å²) in [5.74, 6) is 0.107. The fourth-order valence-electron chi connectivity index (χ4n) is 2.13. The Morgan fingerprint density at radius 1 is 1.38 bits per heavy atom. The van der Waals surface area contributed by atoms with Crippen molar-refractivity contribution in [2.45, 2.75) is 12.5 Å². The van der Waals surface area contributed by atoms with Crippen LogP contribution in [0.1, 0.15) is 12.7 Å². The molecular weight excluding hydrogens is 338 g/mol. The summed E-state index contributed by atoms with van der Waals surface area (Å²) >= 11 is 3.42. The van der Waals surface area contributed by atoms with E-state index in [4.69, 9.17) is 13.9 Å². The minimum absolute atomic E-state index is 0.406. The van der Waals surface area contributed by atoms with Gasteiger partial charge in [0.25, 0.3) is 0 Å². The first-order valence-electron chi connectivity index (χ1n) is 6.53. The van der Waals surface area contributed by atoms with Gasteiger partial charge in [-0.15, -0.1) is 0 Å². The first-order chi connectivity index (χ1) is 10.0. The van der Waals surface area contributed by atoms with Crippen molar-refractivity contribution >= 4 is 32.9 Å². The molecule has 114 valence electrons. The number of ether oxygens (including phenoxy) is 2. The number of rotatable bonds is 6. The molecule has 0 saturated heterocycles. The molecule has 0 saturated carbocycles. The molecule has 2 rings (SSSR count). The first kappa shape index (κ1) is 16.0. The van der Waals surface area contributed by atoms with Crippen LogP contribution < -0.4 is 5.32 Å².